The SMILES string of the molecule is CCCCCCCCCCCCNC(=O)CCCOc1ccc(NN(CCc2ccccc2)C(=O)CNC(=O)CC(C)O)cc1. The summed E-state index contributed by atoms with van der Waals surface area (Å²) >= 11 is 0. The molecule has 4 N–H and O–H groups in total. The Morgan fingerprint density at radius 2 is 1.44 bits per heavy atom. The molecular weight excluding hydrogens is 568 g/mol. The molecule has 3 amide bonds. The lowest BCUT2D eigenvalue weighted by Crippen LogP contribution is -2.44. The van der Waals surface area contributed by atoms with Gasteiger partial charge in [0.15, 0.2) is 0 Å². The molecule has 0 fully saturated rings. The topological polar surface area (TPSA) is 120 Å². The number of aliphatic hydroxyl groups excluding tert-OH is 1. The van der Waals surface area contributed by atoms with Gasteiger partial charge in [-0.1, -0.05) is 95.0 Å². The van der Waals surface area contributed by atoms with Crippen molar-refractivity contribution in [3.63, 3.8) is 0 Å². The van der Waals surface area contributed by atoms with E-state index in [1.165, 1.54) is 69.7 Å². The van der Waals surface area contributed by atoms with E-state index in [0.717, 1.165) is 18.5 Å². The maximum Gasteiger partial charge on any atom is 0.260 e. The van der Waals surface area contributed by atoms with Crippen LogP contribution in [0.1, 0.15) is 103 Å². The molecule has 9 nitrogen and oxygen atoms in total. The lowest BCUT2D eigenvalue weighted by molar-refractivity contribution is -0.132. The molecular formula is C36H56N4O5. The maximum atomic E-state index is 13.0. The molecule has 45 heavy (non-hydrogen) atoms. The number of hydrogen-bond donors (Lipinski definition) is 4. The van der Waals surface area contributed by atoms with Gasteiger partial charge in [0.2, 0.25) is 11.8 Å². The molecule has 0 bridgehead atoms. The van der Waals surface area contributed by atoms with Gasteiger partial charge in [-0.25, -0.2) is 0 Å². The molecule has 0 saturated carbocycles. The van der Waals surface area contributed by atoms with Crippen molar-refractivity contribution in [2.45, 2.75) is 110 Å². The fourth-order valence-electron chi connectivity index (χ4n) is 4.87. The van der Waals surface area contributed by atoms with Gasteiger partial charge in [0, 0.05) is 19.5 Å². The standard InChI is InChI=1S/C36H56N4O5/c1-3-4-5-6-7-8-9-10-11-15-25-37-34(42)19-16-27-45-33-22-20-32(21-23-33)39-40(26-24-31-17-13-12-14-18-31)36(44)29-38-35(43)28-30(2)41/h12-14,17-18,20-23,30,39,41H,3-11,15-16,19,24-29H2,1-2H3,(H,37,42)(H,38,43). The Hall–Kier alpha value is -3.59. The van der Waals surface area contributed by atoms with Crippen molar-refractivity contribution in [1.82, 2.24) is 15.6 Å². The second-order valence-electron chi connectivity index (χ2n) is 11.7. The van der Waals surface area contributed by atoms with Crippen LogP contribution in [0.15, 0.2) is 54.6 Å². The van der Waals surface area contributed by atoms with E-state index < -0.39 is 6.10 Å². The zero-order valence-electron chi connectivity index (χ0n) is 27.5. The largest absolute Gasteiger partial charge is 0.494 e. The summed E-state index contributed by atoms with van der Waals surface area (Å²) in [6.07, 6.45) is 13.7. The van der Waals surface area contributed by atoms with Crippen LogP contribution in [0.2, 0.25) is 0 Å². The van der Waals surface area contributed by atoms with Crippen LogP contribution < -0.4 is 20.8 Å². The van der Waals surface area contributed by atoms with Crippen molar-refractivity contribution < 1.29 is 24.2 Å². The number of rotatable bonds is 25. The average Bonchev–Trinajstić information content (AvgIpc) is 3.03. The first-order valence-electron chi connectivity index (χ1n) is 16.9. The van der Waals surface area contributed by atoms with Crippen molar-refractivity contribution in [3.05, 3.63) is 60.2 Å². The molecule has 1 unspecified atom stereocenters. The quantitative estimate of drug-likeness (QED) is 0.0775. The predicted molar refractivity (Wildman–Crippen MR) is 181 cm³/mol. The zero-order valence-corrected chi connectivity index (χ0v) is 27.5. The smallest absolute Gasteiger partial charge is 0.260 e. The molecule has 0 saturated heterocycles. The molecule has 1 atom stereocenters. The predicted octanol–water partition coefficient (Wildman–Crippen LogP) is 6.17. The first kappa shape index (κ1) is 37.6. The molecule has 0 spiro atoms. The molecule has 0 aromatic heterocycles. The van der Waals surface area contributed by atoms with Gasteiger partial charge in [0.25, 0.3) is 5.91 Å². The summed E-state index contributed by atoms with van der Waals surface area (Å²) in [7, 11) is 0. The number of nitrogens with zero attached hydrogens (tertiary/aromatic N) is 1. The minimum atomic E-state index is -0.774. The highest BCUT2D eigenvalue weighted by Gasteiger charge is 2.16. The Bertz CT molecular complexity index is 1080. The van der Waals surface area contributed by atoms with E-state index in [9.17, 15) is 19.5 Å². The highest BCUT2D eigenvalue weighted by Crippen LogP contribution is 2.17. The minimum Gasteiger partial charge on any atom is -0.494 e. The Kier molecular flexibility index (Phi) is 19.8. The Labute approximate surface area is 270 Å². The van der Waals surface area contributed by atoms with Crippen LogP contribution >= 0.6 is 0 Å². The Morgan fingerprint density at radius 3 is 2.09 bits per heavy atom. The first-order chi connectivity index (χ1) is 21.9. The van der Waals surface area contributed by atoms with Gasteiger partial charge >= 0.3 is 0 Å². The molecule has 2 aromatic rings. The van der Waals surface area contributed by atoms with Gasteiger partial charge in [0.05, 0.1) is 31.4 Å². The zero-order chi connectivity index (χ0) is 32.5. The number of carbonyl (C=O) groups is 3. The normalized spacial score (nSPS) is 11.4. The molecule has 2 aromatic carbocycles. The average molecular weight is 625 g/mol. The molecule has 0 radical (unpaired) electrons. The lowest BCUT2D eigenvalue weighted by atomic mass is 10.1. The number of ether oxygens (including phenoxy) is 1. The third kappa shape index (κ3) is 18.7. The number of carbonyl (C=O) groups excluding carboxylic acids is 3. The van der Waals surface area contributed by atoms with Crippen molar-refractivity contribution in [2.75, 3.05) is 31.7 Å². The summed E-state index contributed by atoms with van der Waals surface area (Å²) in [5, 5.41) is 16.5. The number of benzene rings is 2. The third-order valence-corrected chi connectivity index (χ3v) is 7.47. The number of nitrogens with one attached hydrogen (secondary N) is 3. The van der Waals surface area contributed by atoms with Crippen LogP contribution in [0.25, 0.3) is 0 Å². The molecule has 0 heterocycles. The number of aliphatic hydroxyl groups is 1. The number of amides is 3. The lowest BCUT2D eigenvalue weighted by Gasteiger charge is -2.25. The maximum absolute atomic E-state index is 13.0. The van der Waals surface area contributed by atoms with Crippen LogP contribution in [0.3, 0.4) is 0 Å². The van der Waals surface area contributed by atoms with Gasteiger partial charge in [-0.3, -0.25) is 24.8 Å². The van der Waals surface area contributed by atoms with E-state index in [-0.39, 0.29) is 30.7 Å². The summed E-state index contributed by atoms with van der Waals surface area (Å²) in [4.78, 5) is 37.0. The van der Waals surface area contributed by atoms with Crippen molar-refractivity contribution in [2.24, 2.45) is 0 Å². The summed E-state index contributed by atoms with van der Waals surface area (Å²) < 4.78 is 5.82. The molecule has 0 aliphatic heterocycles. The molecule has 0 aliphatic carbocycles. The van der Waals surface area contributed by atoms with E-state index >= 15 is 0 Å². The first-order valence-corrected chi connectivity index (χ1v) is 16.9. The van der Waals surface area contributed by atoms with Crippen LogP contribution in [-0.2, 0) is 20.8 Å². The van der Waals surface area contributed by atoms with Crippen molar-refractivity contribution in [1.29, 1.82) is 0 Å². The van der Waals surface area contributed by atoms with E-state index in [1.807, 2.05) is 54.6 Å². The van der Waals surface area contributed by atoms with Gasteiger partial charge in [-0.15, -0.1) is 0 Å². The Balaban J connectivity index is 1.67. The van der Waals surface area contributed by atoms with E-state index in [2.05, 4.69) is 23.0 Å². The monoisotopic (exact) mass is 624 g/mol. The summed E-state index contributed by atoms with van der Waals surface area (Å²) in [5.74, 6) is 0.0707. The number of hydrogen-bond acceptors (Lipinski definition) is 6. The van der Waals surface area contributed by atoms with Gasteiger partial charge in [-0.2, -0.15) is 0 Å². The van der Waals surface area contributed by atoms with Crippen LogP contribution in [0, 0.1) is 0 Å². The van der Waals surface area contributed by atoms with Crippen LogP contribution in [0.5, 0.6) is 5.75 Å². The van der Waals surface area contributed by atoms with Gasteiger partial charge in [0.1, 0.15) is 5.75 Å². The van der Waals surface area contributed by atoms with E-state index in [0.29, 0.717) is 43.9 Å². The van der Waals surface area contributed by atoms with E-state index in [4.69, 9.17) is 4.74 Å². The van der Waals surface area contributed by atoms with Crippen molar-refractivity contribution in [3.8, 4) is 5.75 Å². The van der Waals surface area contributed by atoms with Crippen molar-refractivity contribution >= 4 is 23.4 Å². The number of hydrazine groups is 1. The summed E-state index contributed by atoms with van der Waals surface area (Å²) in [6, 6.07) is 17.1. The summed E-state index contributed by atoms with van der Waals surface area (Å²) in [5.41, 5.74) is 4.93. The molecule has 2 rings (SSSR count). The highest BCUT2D eigenvalue weighted by atomic mass is 16.5. The second kappa shape index (κ2) is 23.7. The van der Waals surface area contributed by atoms with E-state index in [1.54, 1.807) is 0 Å². The summed E-state index contributed by atoms with van der Waals surface area (Å²) in [6.45, 7) is 5.17. The highest BCUT2D eigenvalue weighted by molar-refractivity contribution is 5.85. The number of unbranched alkanes of at least 4 members (excludes halogenated alkanes) is 9. The van der Waals surface area contributed by atoms with Gasteiger partial charge < -0.3 is 20.5 Å². The third-order valence-electron chi connectivity index (χ3n) is 7.47. The number of anilines is 1. The van der Waals surface area contributed by atoms with Gasteiger partial charge in [-0.05, 0) is 56.0 Å². The molecule has 9 heteroatoms. The second-order valence-corrected chi connectivity index (χ2v) is 11.7. The molecule has 0 aliphatic rings. The molecule has 250 valence electrons. The Morgan fingerprint density at radius 1 is 0.800 bits per heavy atom. The van der Waals surface area contributed by atoms with Crippen LogP contribution in [0.4, 0.5) is 5.69 Å². The van der Waals surface area contributed by atoms with Crippen LogP contribution in [-0.4, -0.2) is 60.2 Å². The minimum absolute atomic E-state index is 0.0593. The fraction of sp³-hybridized carbons (Fsp3) is 0.583. The fourth-order valence-corrected chi connectivity index (χ4v) is 4.87.